The fourth-order valence-corrected chi connectivity index (χ4v) is 2.59. The second-order valence-electron chi connectivity index (χ2n) is 4.32. The molecule has 3 aromatic rings. The molecule has 2 aromatic heterocycles. The number of hydrogen-bond donors (Lipinski definition) is 0. The number of hydrogen-bond acceptors (Lipinski definition) is 5. The fourth-order valence-electron chi connectivity index (χ4n) is 1.79. The maximum Gasteiger partial charge on any atom is 0.208 e. The van der Waals surface area contributed by atoms with Crippen LogP contribution in [-0.4, -0.2) is 25.2 Å². The Morgan fingerprint density at radius 1 is 1.18 bits per heavy atom. The topological polar surface area (TPSA) is 56.5 Å². The highest BCUT2D eigenvalue weighted by molar-refractivity contribution is 8.02. The molecule has 0 radical (unpaired) electrons. The first-order valence-corrected chi connectivity index (χ1v) is 7.83. The van der Waals surface area contributed by atoms with Gasteiger partial charge in [-0.25, -0.2) is 4.98 Å². The number of nitrogens with zero attached hydrogens (tertiary/aromatic N) is 5. The van der Waals surface area contributed by atoms with E-state index < -0.39 is 0 Å². The van der Waals surface area contributed by atoms with Gasteiger partial charge in [-0.15, -0.1) is 15.0 Å². The fraction of sp³-hybridized carbons (Fsp3) is 0.0667. The molecule has 2 heterocycles. The lowest BCUT2D eigenvalue weighted by Crippen LogP contribution is -1.98. The van der Waals surface area contributed by atoms with Gasteiger partial charge in [0.25, 0.3) is 0 Å². The smallest absolute Gasteiger partial charge is 0.208 e. The van der Waals surface area contributed by atoms with Crippen LogP contribution in [0.15, 0.2) is 59.1 Å². The van der Waals surface area contributed by atoms with Crippen LogP contribution in [0.2, 0.25) is 5.02 Å². The van der Waals surface area contributed by atoms with Crippen LogP contribution in [-0.2, 0) is 0 Å². The quantitative estimate of drug-likeness (QED) is 0.677. The Hall–Kier alpha value is -2.18. The number of halogens is 1. The van der Waals surface area contributed by atoms with E-state index in [0.29, 0.717) is 10.8 Å². The lowest BCUT2D eigenvalue weighted by Gasteiger charge is -2.01. The molecule has 0 N–H and O–H groups in total. The molecule has 0 spiro atoms. The van der Waals surface area contributed by atoms with Gasteiger partial charge in [0.2, 0.25) is 5.82 Å². The van der Waals surface area contributed by atoms with Crippen molar-refractivity contribution in [3.8, 4) is 17.1 Å². The molecule has 0 fully saturated rings. The summed E-state index contributed by atoms with van der Waals surface area (Å²) in [6, 6.07) is 11.0. The van der Waals surface area contributed by atoms with Gasteiger partial charge in [0.05, 0.1) is 11.3 Å². The maximum atomic E-state index is 5.89. The van der Waals surface area contributed by atoms with Crippen molar-refractivity contribution in [3.05, 3.63) is 59.1 Å². The number of aromatic nitrogens is 5. The summed E-state index contributed by atoms with van der Waals surface area (Å²) in [6.45, 7) is 1.96. The first-order chi connectivity index (χ1) is 10.8. The van der Waals surface area contributed by atoms with Gasteiger partial charge in [-0.3, -0.25) is 0 Å². The van der Waals surface area contributed by atoms with Gasteiger partial charge in [0.15, 0.2) is 0 Å². The number of allylic oxidation sites excluding steroid dienone is 1. The molecular formula is C15H12ClN5S. The van der Waals surface area contributed by atoms with Crippen molar-refractivity contribution in [1.82, 2.24) is 25.2 Å². The summed E-state index contributed by atoms with van der Waals surface area (Å²) < 4.78 is 0. The van der Waals surface area contributed by atoms with E-state index in [9.17, 15) is 0 Å². The van der Waals surface area contributed by atoms with Gasteiger partial charge in [0, 0.05) is 11.2 Å². The highest BCUT2D eigenvalue weighted by atomic mass is 35.5. The van der Waals surface area contributed by atoms with Gasteiger partial charge >= 0.3 is 0 Å². The third-order valence-corrected chi connectivity index (χ3v) is 4.01. The molecule has 0 aliphatic rings. The van der Waals surface area contributed by atoms with E-state index in [1.165, 1.54) is 16.6 Å². The first-order valence-electron chi connectivity index (χ1n) is 6.57. The van der Waals surface area contributed by atoms with Crippen LogP contribution < -0.4 is 0 Å². The van der Waals surface area contributed by atoms with E-state index in [-0.39, 0.29) is 0 Å². The number of pyridine rings is 1. The van der Waals surface area contributed by atoms with Crippen LogP contribution in [0.1, 0.15) is 6.92 Å². The average Bonchev–Trinajstić information content (AvgIpc) is 3.03. The Morgan fingerprint density at radius 2 is 2.00 bits per heavy atom. The van der Waals surface area contributed by atoms with E-state index in [4.69, 9.17) is 11.6 Å². The Labute approximate surface area is 137 Å². The summed E-state index contributed by atoms with van der Waals surface area (Å²) in [5.41, 5.74) is 1.65. The number of thioether (sulfide) groups is 1. The molecule has 3 rings (SSSR count). The lowest BCUT2D eigenvalue weighted by atomic mass is 10.3. The summed E-state index contributed by atoms with van der Waals surface area (Å²) in [5, 5.41) is 16.1. The van der Waals surface area contributed by atoms with Gasteiger partial charge in [-0.05, 0) is 53.9 Å². The van der Waals surface area contributed by atoms with Crippen molar-refractivity contribution < 1.29 is 0 Å². The standard InChI is InChI=1S/C15H12ClN5S/c1-2-10-22-15-13(4-3-9-17-15)14-18-20-21(19-14)12-7-5-11(16)6-8-12/h2-10H,1H3/b10-2-. The second kappa shape index (κ2) is 6.72. The minimum Gasteiger partial charge on any atom is -0.249 e. The van der Waals surface area contributed by atoms with Crippen LogP contribution in [0.4, 0.5) is 0 Å². The Bertz CT molecular complexity index is 798. The molecule has 0 amide bonds. The number of tetrazole rings is 1. The van der Waals surface area contributed by atoms with Crippen LogP contribution in [0.5, 0.6) is 0 Å². The summed E-state index contributed by atoms with van der Waals surface area (Å²) in [5.74, 6) is 0.537. The second-order valence-corrected chi connectivity index (χ2v) is 5.65. The van der Waals surface area contributed by atoms with E-state index >= 15 is 0 Å². The molecule has 0 aliphatic carbocycles. The Morgan fingerprint density at radius 3 is 2.77 bits per heavy atom. The molecule has 0 atom stereocenters. The molecule has 110 valence electrons. The van der Waals surface area contributed by atoms with Crippen LogP contribution >= 0.6 is 23.4 Å². The largest absolute Gasteiger partial charge is 0.249 e. The van der Waals surface area contributed by atoms with Crippen molar-refractivity contribution in [2.45, 2.75) is 11.9 Å². The van der Waals surface area contributed by atoms with Gasteiger partial charge in [-0.1, -0.05) is 29.4 Å². The van der Waals surface area contributed by atoms with Crippen molar-refractivity contribution in [3.63, 3.8) is 0 Å². The van der Waals surface area contributed by atoms with E-state index in [2.05, 4.69) is 20.4 Å². The number of benzene rings is 1. The molecule has 0 bridgehead atoms. The van der Waals surface area contributed by atoms with Crippen LogP contribution in [0, 0.1) is 0 Å². The monoisotopic (exact) mass is 329 g/mol. The normalized spacial score (nSPS) is 11.2. The Kier molecular flexibility index (Phi) is 4.50. The summed E-state index contributed by atoms with van der Waals surface area (Å²) in [6.07, 6.45) is 3.71. The summed E-state index contributed by atoms with van der Waals surface area (Å²) >= 11 is 7.41. The molecule has 0 saturated carbocycles. The van der Waals surface area contributed by atoms with Gasteiger partial charge in [0.1, 0.15) is 5.03 Å². The number of rotatable bonds is 4. The average molecular weight is 330 g/mol. The van der Waals surface area contributed by atoms with Crippen molar-refractivity contribution >= 4 is 23.4 Å². The molecule has 5 nitrogen and oxygen atoms in total. The maximum absolute atomic E-state index is 5.89. The van der Waals surface area contributed by atoms with Crippen molar-refractivity contribution in [1.29, 1.82) is 0 Å². The van der Waals surface area contributed by atoms with Gasteiger partial charge < -0.3 is 0 Å². The van der Waals surface area contributed by atoms with E-state index in [1.54, 1.807) is 18.3 Å². The zero-order chi connectivity index (χ0) is 15.4. The molecule has 0 aliphatic heterocycles. The highest BCUT2D eigenvalue weighted by Gasteiger charge is 2.12. The van der Waals surface area contributed by atoms with E-state index in [1.807, 2.05) is 42.7 Å². The van der Waals surface area contributed by atoms with Gasteiger partial charge in [-0.2, -0.15) is 0 Å². The van der Waals surface area contributed by atoms with E-state index in [0.717, 1.165) is 16.3 Å². The zero-order valence-electron chi connectivity index (χ0n) is 11.7. The SMILES string of the molecule is C/C=C\Sc1ncccc1-c1nnn(-c2ccc(Cl)cc2)n1. The molecule has 0 saturated heterocycles. The third kappa shape index (κ3) is 3.18. The minimum atomic E-state index is 0.537. The van der Waals surface area contributed by atoms with Crippen LogP contribution in [0.3, 0.4) is 0 Å². The molecule has 0 unspecified atom stereocenters. The first kappa shape index (κ1) is 14.7. The summed E-state index contributed by atoms with van der Waals surface area (Å²) in [7, 11) is 0. The molecular weight excluding hydrogens is 318 g/mol. The highest BCUT2D eigenvalue weighted by Crippen LogP contribution is 2.27. The third-order valence-electron chi connectivity index (χ3n) is 2.80. The van der Waals surface area contributed by atoms with Crippen LogP contribution in [0.25, 0.3) is 17.1 Å². The lowest BCUT2D eigenvalue weighted by molar-refractivity contribution is 0.720. The molecule has 22 heavy (non-hydrogen) atoms. The minimum absolute atomic E-state index is 0.537. The van der Waals surface area contributed by atoms with Crippen molar-refractivity contribution in [2.24, 2.45) is 0 Å². The van der Waals surface area contributed by atoms with Crippen molar-refractivity contribution in [2.75, 3.05) is 0 Å². The zero-order valence-corrected chi connectivity index (χ0v) is 13.3. The summed E-state index contributed by atoms with van der Waals surface area (Å²) in [4.78, 5) is 5.84. The predicted molar refractivity (Wildman–Crippen MR) is 88.1 cm³/mol. The molecule has 1 aromatic carbocycles. The predicted octanol–water partition coefficient (Wildman–Crippen LogP) is 4.00. The molecule has 7 heteroatoms. The Balaban J connectivity index is 1.95.